The van der Waals surface area contributed by atoms with Crippen LogP contribution in [0.15, 0.2) is 69.7 Å². The van der Waals surface area contributed by atoms with E-state index in [1.54, 1.807) is 24.3 Å². The largest absolute Gasteiger partial charge is 0.488 e. The van der Waals surface area contributed by atoms with Crippen molar-refractivity contribution >= 4 is 21.7 Å². The molecule has 0 saturated heterocycles. The van der Waals surface area contributed by atoms with Crippen LogP contribution in [0.3, 0.4) is 0 Å². The van der Waals surface area contributed by atoms with Gasteiger partial charge in [-0.25, -0.2) is 8.42 Å². The summed E-state index contributed by atoms with van der Waals surface area (Å²) < 4.78 is 35.2. The van der Waals surface area contributed by atoms with Gasteiger partial charge in [0.15, 0.2) is 0 Å². The number of hydrogen-bond donors (Lipinski definition) is 1. The van der Waals surface area contributed by atoms with Crippen LogP contribution in [0.25, 0.3) is 0 Å². The van der Waals surface area contributed by atoms with Crippen LogP contribution in [-0.2, 0) is 21.4 Å². The van der Waals surface area contributed by atoms with Crippen LogP contribution in [0, 0.1) is 26.7 Å². The number of ether oxygens (including phenoxy) is 1. The van der Waals surface area contributed by atoms with E-state index in [1.165, 1.54) is 4.31 Å². The number of fused-ring (bicyclic) bond motifs is 1. The van der Waals surface area contributed by atoms with E-state index in [1.807, 2.05) is 58.0 Å². The molecule has 9 heteroatoms. The molecular formula is C35H45N3O5S. The zero-order chi connectivity index (χ0) is 32.0. The third-order valence-electron chi connectivity index (χ3n) is 8.84. The van der Waals surface area contributed by atoms with E-state index >= 15 is 0 Å². The molecule has 1 heterocycles. The third kappa shape index (κ3) is 7.38. The Labute approximate surface area is 262 Å². The Morgan fingerprint density at radius 2 is 1.73 bits per heavy atom. The van der Waals surface area contributed by atoms with Gasteiger partial charge in [-0.2, -0.15) is 14.5 Å². The van der Waals surface area contributed by atoms with Crippen LogP contribution in [0.1, 0.15) is 85.8 Å². The molecule has 0 saturated carbocycles. The third-order valence-corrected chi connectivity index (χ3v) is 10.7. The van der Waals surface area contributed by atoms with Gasteiger partial charge in [0, 0.05) is 12.5 Å². The van der Waals surface area contributed by atoms with Gasteiger partial charge in [0.1, 0.15) is 16.7 Å². The van der Waals surface area contributed by atoms with Gasteiger partial charge in [-0.05, 0) is 78.6 Å². The summed E-state index contributed by atoms with van der Waals surface area (Å²) in [5, 5.41) is 19.1. The van der Waals surface area contributed by atoms with Crippen molar-refractivity contribution in [1.82, 2.24) is 4.31 Å². The summed E-state index contributed by atoms with van der Waals surface area (Å²) in [6.45, 7) is 13.2. The zero-order valence-corrected chi connectivity index (χ0v) is 27.5. The number of azo groups is 1. The van der Waals surface area contributed by atoms with Crippen LogP contribution in [0.5, 0.6) is 5.75 Å². The van der Waals surface area contributed by atoms with Crippen molar-refractivity contribution in [1.29, 1.82) is 0 Å². The fraction of sp³-hybridized carbons (Fsp3) is 0.457. The Morgan fingerprint density at radius 3 is 2.41 bits per heavy atom. The Kier molecular flexibility index (Phi) is 11.0. The molecule has 236 valence electrons. The summed E-state index contributed by atoms with van der Waals surface area (Å²) in [7, 11) is -3.83. The summed E-state index contributed by atoms with van der Waals surface area (Å²) >= 11 is 0. The summed E-state index contributed by atoms with van der Waals surface area (Å²) in [5.41, 5.74) is 6.11. The lowest BCUT2D eigenvalue weighted by Crippen LogP contribution is -2.36. The molecule has 3 aromatic carbocycles. The number of carboxylic acids is 1. The number of benzene rings is 3. The first-order chi connectivity index (χ1) is 21.0. The second-order valence-corrected chi connectivity index (χ2v) is 13.7. The fourth-order valence-corrected chi connectivity index (χ4v) is 7.38. The molecule has 1 aliphatic rings. The van der Waals surface area contributed by atoms with Crippen molar-refractivity contribution in [3.05, 3.63) is 88.0 Å². The Balaban J connectivity index is 1.73. The number of rotatable bonds is 12. The van der Waals surface area contributed by atoms with Crippen molar-refractivity contribution in [3.8, 4) is 5.75 Å². The number of carbonyl (C=O) groups is 1. The second kappa shape index (κ2) is 14.5. The quantitative estimate of drug-likeness (QED) is 0.206. The summed E-state index contributed by atoms with van der Waals surface area (Å²) in [6.07, 6.45) is 2.34. The van der Waals surface area contributed by atoms with Crippen LogP contribution >= 0.6 is 0 Å². The highest BCUT2D eigenvalue weighted by Gasteiger charge is 2.34. The van der Waals surface area contributed by atoms with Crippen molar-refractivity contribution in [2.24, 2.45) is 16.1 Å². The number of carboxylic acid groups (broad SMARTS) is 1. The van der Waals surface area contributed by atoms with Crippen molar-refractivity contribution in [2.45, 2.75) is 90.7 Å². The highest BCUT2D eigenvalue weighted by atomic mass is 32.2. The van der Waals surface area contributed by atoms with Crippen LogP contribution < -0.4 is 4.74 Å². The predicted molar refractivity (Wildman–Crippen MR) is 173 cm³/mol. The molecule has 0 fully saturated rings. The topological polar surface area (TPSA) is 109 Å². The summed E-state index contributed by atoms with van der Waals surface area (Å²) in [6, 6.07) is 16.6. The lowest BCUT2D eigenvalue weighted by Gasteiger charge is -2.25. The summed E-state index contributed by atoms with van der Waals surface area (Å²) in [4.78, 5) is 12.3. The Morgan fingerprint density at radius 1 is 1.02 bits per heavy atom. The maximum Gasteiger partial charge on any atom is 0.304 e. The Hall–Kier alpha value is -3.56. The van der Waals surface area contributed by atoms with Gasteiger partial charge in [-0.3, -0.25) is 4.79 Å². The molecule has 3 aromatic rings. The molecule has 0 bridgehead atoms. The maximum absolute atomic E-state index is 13.8. The minimum Gasteiger partial charge on any atom is -0.488 e. The van der Waals surface area contributed by atoms with E-state index in [9.17, 15) is 18.3 Å². The van der Waals surface area contributed by atoms with Gasteiger partial charge in [-0.1, -0.05) is 76.1 Å². The summed E-state index contributed by atoms with van der Waals surface area (Å²) in [5.74, 6) is -0.511. The molecule has 0 amide bonds. The number of sulfonamides is 1. The van der Waals surface area contributed by atoms with Crippen LogP contribution in [0.2, 0.25) is 0 Å². The highest BCUT2D eigenvalue weighted by molar-refractivity contribution is 7.89. The maximum atomic E-state index is 13.8. The molecule has 1 aliphatic heterocycles. The lowest BCUT2D eigenvalue weighted by atomic mass is 9.83. The number of aliphatic carboxylic acids is 1. The van der Waals surface area contributed by atoms with Gasteiger partial charge in [0.2, 0.25) is 10.0 Å². The van der Waals surface area contributed by atoms with Gasteiger partial charge < -0.3 is 9.84 Å². The van der Waals surface area contributed by atoms with E-state index in [-0.39, 0.29) is 30.5 Å². The van der Waals surface area contributed by atoms with E-state index in [0.29, 0.717) is 24.6 Å². The minimum absolute atomic E-state index is 0.113. The second-order valence-electron chi connectivity index (χ2n) is 11.8. The standard InChI is InChI=1S/C35H45N3O5S/c1-7-26(8-2)20-36-37-35-24(5)15-17-30(25(35)6)31(19-34(39)40)27-16-14-23(4)28(18-27)21-38-22-29(9-3)43-32-12-10-11-13-33(32)44(38,41)42/h10-18,26,29,31H,7-9,19-22H2,1-6H3,(H,39,40). The first kappa shape index (κ1) is 33.3. The number of nitrogens with zero attached hydrogens (tertiary/aromatic N) is 3. The highest BCUT2D eigenvalue weighted by Crippen LogP contribution is 2.38. The predicted octanol–water partition coefficient (Wildman–Crippen LogP) is 8.10. The lowest BCUT2D eigenvalue weighted by molar-refractivity contribution is -0.137. The van der Waals surface area contributed by atoms with Crippen molar-refractivity contribution < 1.29 is 23.1 Å². The zero-order valence-electron chi connectivity index (χ0n) is 26.7. The number of hydrogen-bond acceptors (Lipinski definition) is 6. The van der Waals surface area contributed by atoms with E-state index in [2.05, 4.69) is 24.1 Å². The van der Waals surface area contributed by atoms with Gasteiger partial charge in [0.05, 0.1) is 25.2 Å². The monoisotopic (exact) mass is 619 g/mol. The number of para-hydroxylation sites is 1. The van der Waals surface area contributed by atoms with Gasteiger partial charge in [0.25, 0.3) is 0 Å². The molecule has 2 atom stereocenters. The molecule has 44 heavy (non-hydrogen) atoms. The van der Waals surface area contributed by atoms with Crippen molar-refractivity contribution in [3.63, 3.8) is 0 Å². The average molecular weight is 620 g/mol. The molecular weight excluding hydrogens is 574 g/mol. The molecule has 4 rings (SSSR count). The van der Waals surface area contributed by atoms with E-state index < -0.39 is 21.9 Å². The molecule has 2 unspecified atom stereocenters. The van der Waals surface area contributed by atoms with Gasteiger partial charge >= 0.3 is 5.97 Å². The van der Waals surface area contributed by atoms with Crippen LogP contribution in [0.4, 0.5) is 5.69 Å². The number of aryl methyl sites for hydroxylation is 2. The van der Waals surface area contributed by atoms with E-state index in [4.69, 9.17) is 4.74 Å². The molecule has 1 N–H and O–H groups in total. The molecule has 0 aromatic heterocycles. The molecule has 0 aliphatic carbocycles. The van der Waals surface area contributed by atoms with Crippen LogP contribution in [-0.4, -0.2) is 43.0 Å². The SMILES string of the molecule is CCC(CC)CN=Nc1c(C)ccc(C(CC(=O)O)c2ccc(C)c(CN3CC(CC)Oc4ccccc4S3(=O)=O)c2)c1C. The normalized spacial score (nSPS) is 17.3. The van der Waals surface area contributed by atoms with Gasteiger partial charge in [-0.15, -0.1) is 0 Å². The average Bonchev–Trinajstić information content (AvgIpc) is 3.10. The molecule has 8 nitrogen and oxygen atoms in total. The molecule has 0 spiro atoms. The first-order valence-corrected chi connectivity index (χ1v) is 17.0. The van der Waals surface area contributed by atoms with Crippen molar-refractivity contribution in [2.75, 3.05) is 13.1 Å². The molecule has 0 radical (unpaired) electrons. The van der Waals surface area contributed by atoms with E-state index in [0.717, 1.165) is 51.9 Å². The minimum atomic E-state index is -3.83. The first-order valence-electron chi connectivity index (χ1n) is 15.5. The Bertz CT molecular complexity index is 1610. The smallest absolute Gasteiger partial charge is 0.304 e. The fourth-order valence-electron chi connectivity index (χ4n) is 5.81.